The molecule has 1 aliphatic rings. The number of amides is 2. The number of nitrogens with zero attached hydrogens (tertiary/aromatic N) is 3. The largest absolute Gasteiger partial charge is 0.312 e. The minimum atomic E-state index is -0.364. The fourth-order valence-corrected chi connectivity index (χ4v) is 3.60. The third kappa shape index (κ3) is 4.04. The number of aryl methyl sites for hydroxylation is 2. The van der Waals surface area contributed by atoms with E-state index in [1.54, 1.807) is 4.90 Å². The van der Waals surface area contributed by atoms with Gasteiger partial charge in [0.05, 0.1) is 5.92 Å². The molecule has 0 radical (unpaired) electrons. The molecule has 1 saturated heterocycles. The van der Waals surface area contributed by atoms with Crippen LogP contribution in [0.25, 0.3) is 0 Å². The molecule has 1 aromatic heterocycles. The summed E-state index contributed by atoms with van der Waals surface area (Å²) in [6.45, 7) is 4.53. The second-order valence-corrected chi connectivity index (χ2v) is 7.23. The van der Waals surface area contributed by atoms with E-state index in [1.165, 1.54) is 16.9 Å². The first kappa shape index (κ1) is 17.5. The average Bonchev–Trinajstić information content (AvgIpc) is 3.22. The monoisotopic (exact) mass is 358 g/mol. The molecule has 132 valence electrons. The Bertz CT molecular complexity index is 757. The lowest BCUT2D eigenvalue weighted by molar-refractivity contribution is -0.122. The van der Waals surface area contributed by atoms with Gasteiger partial charge in [-0.15, -0.1) is 10.2 Å². The van der Waals surface area contributed by atoms with Crippen LogP contribution in [0.4, 0.5) is 10.8 Å². The highest BCUT2D eigenvalue weighted by Gasteiger charge is 2.35. The quantitative estimate of drug-likeness (QED) is 0.861. The predicted octanol–water partition coefficient (Wildman–Crippen LogP) is 3.04. The number of benzene rings is 1. The van der Waals surface area contributed by atoms with Crippen molar-refractivity contribution < 1.29 is 9.59 Å². The first-order valence-electron chi connectivity index (χ1n) is 8.63. The highest BCUT2D eigenvalue weighted by atomic mass is 32.1. The second-order valence-electron chi connectivity index (χ2n) is 6.17. The maximum atomic E-state index is 12.4. The molecule has 1 aliphatic heterocycles. The molecule has 2 heterocycles. The van der Waals surface area contributed by atoms with Crippen molar-refractivity contribution in [1.29, 1.82) is 0 Å². The summed E-state index contributed by atoms with van der Waals surface area (Å²) in [5, 5.41) is 12.1. The van der Waals surface area contributed by atoms with Crippen LogP contribution in [0, 0.1) is 5.92 Å². The van der Waals surface area contributed by atoms with Crippen LogP contribution in [0.2, 0.25) is 0 Å². The lowest BCUT2D eigenvalue weighted by Gasteiger charge is -2.17. The Labute approximate surface area is 151 Å². The van der Waals surface area contributed by atoms with Gasteiger partial charge in [-0.2, -0.15) is 0 Å². The van der Waals surface area contributed by atoms with Crippen LogP contribution in [-0.2, 0) is 22.4 Å². The van der Waals surface area contributed by atoms with Crippen molar-refractivity contribution in [3.05, 3.63) is 34.8 Å². The molecule has 6 nitrogen and oxygen atoms in total. The van der Waals surface area contributed by atoms with Crippen molar-refractivity contribution in [2.75, 3.05) is 16.8 Å². The zero-order valence-corrected chi connectivity index (χ0v) is 15.3. The number of anilines is 2. The third-order valence-corrected chi connectivity index (χ3v) is 5.26. The molecular formula is C18H22N4O2S. The number of hydrogen-bond acceptors (Lipinski definition) is 5. The molecular weight excluding hydrogens is 336 g/mol. The van der Waals surface area contributed by atoms with Gasteiger partial charge in [-0.05, 0) is 30.5 Å². The lowest BCUT2D eigenvalue weighted by Crippen LogP contribution is -2.28. The predicted molar refractivity (Wildman–Crippen MR) is 98.8 cm³/mol. The van der Waals surface area contributed by atoms with E-state index in [0.717, 1.165) is 30.0 Å². The number of nitrogens with one attached hydrogen (secondary N) is 1. The standard InChI is InChI=1S/C18H22N4O2S/c1-3-5-12-6-8-14(9-7-12)22-11-13(10-16(22)23)17(24)19-18-21-20-15(4-2)25-18/h6-9,13H,3-5,10-11H2,1-2H3,(H,19,21,24)/t13-/m1/s1. The summed E-state index contributed by atoms with van der Waals surface area (Å²) >= 11 is 1.37. The molecule has 1 fully saturated rings. The van der Waals surface area contributed by atoms with E-state index in [0.29, 0.717) is 11.7 Å². The van der Waals surface area contributed by atoms with E-state index in [4.69, 9.17) is 0 Å². The van der Waals surface area contributed by atoms with E-state index in [9.17, 15) is 9.59 Å². The minimum Gasteiger partial charge on any atom is -0.312 e. The first-order chi connectivity index (χ1) is 12.1. The van der Waals surface area contributed by atoms with Gasteiger partial charge in [0.25, 0.3) is 0 Å². The van der Waals surface area contributed by atoms with Crippen molar-refractivity contribution in [1.82, 2.24) is 10.2 Å². The Morgan fingerprint density at radius 1 is 1.28 bits per heavy atom. The molecule has 7 heteroatoms. The molecule has 0 bridgehead atoms. The van der Waals surface area contributed by atoms with E-state index < -0.39 is 0 Å². The van der Waals surface area contributed by atoms with Crippen molar-refractivity contribution in [2.45, 2.75) is 39.5 Å². The number of aromatic nitrogens is 2. The van der Waals surface area contributed by atoms with Gasteiger partial charge >= 0.3 is 0 Å². The Morgan fingerprint density at radius 2 is 2.04 bits per heavy atom. The first-order valence-corrected chi connectivity index (χ1v) is 9.45. The maximum Gasteiger partial charge on any atom is 0.231 e. The van der Waals surface area contributed by atoms with E-state index >= 15 is 0 Å². The van der Waals surface area contributed by atoms with Crippen molar-refractivity contribution in [3.8, 4) is 0 Å². The van der Waals surface area contributed by atoms with E-state index in [2.05, 4.69) is 22.4 Å². The van der Waals surface area contributed by atoms with Gasteiger partial charge in [0.1, 0.15) is 5.01 Å². The van der Waals surface area contributed by atoms with Gasteiger partial charge in [0.15, 0.2) is 0 Å². The van der Waals surface area contributed by atoms with Gasteiger partial charge in [-0.25, -0.2) is 0 Å². The fraction of sp³-hybridized carbons (Fsp3) is 0.444. The van der Waals surface area contributed by atoms with Gasteiger partial charge in [0.2, 0.25) is 16.9 Å². The van der Waals surface area contributed by atoms with E-state index in [1.807, 2.05) is 31.2 Å². The molecule has 25 heavy (non-hydrogen) atoms. The molecule has 0 unspecified atom stereocenters. The molecule has 0 spiro atoms. The third-order valence-electron chi connectivity index (χ3n) is 4.28. The number of rotatable bonds is 6. The van der Waals surface area contributed by atoms with Gasteiger partial charge in [-0.3, -0.25) is 9.59 Å². The molecule has 1 N–H and O–H groups in total. The van der Waals surface area contributed by atoms with Gasteiger partial charge in [-0.1, -0.05) is 43.7 Å². The zero-order valence-electron chi connectivity index (χ0n) is 14.5. The summed E-state index contributed by atoms with van der Waals surface area (Å²) in [4.78, 5) is 26.4. The van der Waals surface area contributed by atoms with Gasteiger partial charge in [0, 0.05) is 18.7 Å². The Kier molecular flexibility index (Phi) is 5.43. The number of carbonyl (C=O) groups excluding carboxylic acids is 2. The molecule has 0 saturated carbocycles. The van der Waals surface area contributed by atoms with Crippen molar-refractivity contribution in [2.24, 2.45) is 5.92 Å². The lowest BCUT2D eigenvalue weighted by atomic mass is 10.1. The van der Waals surface area contributed by atoms with Crippen LogP contribution in [0.1, 0.15) is 37.3 Å². The average molecular weight is 358 g/mol. The van der Waals surface area contributed by atoms with E-state index in [-0.39, 0.29) is 24.2 Å². The second kappa shape index (κ2) is 7.74. The summed E-state index contributed by atoms with van der Waals surface area (Å²) in [6, 6.07) is 8.02. The Balaban J connectivity index is 1.64. The minimum absolute atomic E-state index is 0.0186. The number of carbonyl (C=O) groups is 2. The van der Waals surface area contributed by atoms with Crippen LogP contribution in [0.15, 0.2) is 24.3 Å². The summed E-state index contributed by atoms with van der Waals surface area (Å²) < 4.78 is 0. The normalized spacial score (nSPS) is 17.1. The van der Waals surface area contributed by atoms with Crippen LogP contribution in [0.3, 0.4) is 0 Å². The summed E-state index contributed by atoms with van der Waals surface area (Å²) in [5.41, 5.74) is 2.11. The summed E-state index contributed by atoms with van der Waals surface area (Å²) in [6.07, 6.45) is 3.13. The maximum absolute atomic E-state index is 12.4. The number of hydrogen-bond donors (Lipinski definition) is 1. The molecule has 1 atom stereocenters. The van der Waals surface area contributed by atoms with Crippen LogP contribution < -0.4 is 10.2 Å². The fourth-order valence-electron chi connectivity index (χ4n) is 2.92. The zero-order chi connectivity index (χ0) is 17.8. The molecule has 1 aromatic carbocycles. The highest BCUT2D eigenvalue weighted by Crippen LogP contribution is 2.27. The summed E-state index contributed by atoms with van der Waals surface area (Å²) in [7, 11) is 0. The van der Waals surface area contributed by atoms with Crippen LogP contribution in [-0.4, -0.2) is 28.6 Å². The van der Waals surface area contributed by atoms with Crippen molar-refractivity contribution >= 4 is 34.0 Å². The topological polar surface area (TPSA) is 75.2 Å². The molecule has 2 aromatic rings. The smallest absolute Gasteiger partial charge is 0.231 e. The molecule has 2 amide bonds. The van der Waals surface area contributed by atoms with Crippen molar-refractivity contribution in [3.63, 3.8) is 0 Å². The van der Waals surface area contributed by atoms with Gasteiger partial charge < -0.3 is 10.2 Å². The van der Waals surface area contributed by atoms with Crippen LogP contribution >= 0.6 is 11.3 Å². The summed E-state index contributed by atoms with van der Waals surface area (Å²) in [5.74, 6) is -0.552. The molecule has 0 aliphatic carbocycles. The SMILES string of the molecule is CCCc1ccc(N2C[C@H](C(=O)Nc3nnc(CC)s3)CC2=O)cc1. The van der Waals surface area contributed by atoms with Crippen LogP contribution in [0.5, 0.6) is 0 Å². The molecule has 3 rings (SSSR count). The Morgan fingerprint density at radius 3 is 2.68 bits per heavy atom. The Hall–Kier alpha value is -2.28. The highest BCUT2D eigenvalue weighted by molar-refractivity contribution is 7.15.